The van der Waals surface area contributed by atoms with Crippen molar-refractivity contribution in [2.75, 3.05) is 13.6 Å². The molecule has 2 aromatic carbocycles. The van der Waals surface area contributed by atoms with E-state index in [2.05, 4.69) is 5.32 Å². The second-order valence-corrected chi connectivity index (χ2v) is 6.20. The van der Waals surface area contributed by atoms with Crippen molar-refractivity contribution in [3.8, 4) is 0 Å². The van der Waals surface area contributed by atoms with Crippen LogP contribution in [-0.4, -0.2) is 30.3 Å². The molecule has 0 aliphatic carbocycles. The van der Waals surface area contributed by atoms with Crippen molar-refractivity contribution in [1.29, 1.82) is 0 Å². The second-order valence-electron chi connectivity index (χ2n) is 5.35. The van der Waals surface area contributed by atoms with Crippen LogP contribution in [0.1, 0.15) is 22.3 Å². The molecule has 0 fully saturated rings. The minimum atomic E-state index is -0.228. The summed E-state index contributed by atoms with van der Waals surface area (Å²) in [7, 11) is 1.71. The number of nitrogens with one attached hydrogen (secondary N) is 1. The van der Waals surface area contributed by atoms with Crippen LogP contribution < -0.4 is 5.32 Å². The number of rotatable bonds is 6. The number of hydrogen-bond acceptors (Lipinski definition) is 2. The summed E-state index contributed by atoms with van der Waals surface area (Å²) < 4.78 is 0. The lowest BCUT2D eigenvalue weighted by Gasteiger charge is -2.18. The third kappa shape index (κ3) is 5.25. The molecule has 0 heterocycles. The van der Waals surface area contributed by atoms with Gasteiger partial charge in [-0.2, -0.15) is 0 Å². The van der Waals surface area contributed by atoms with Gasteiger partial charge in [0, 0.05) is 42.2 Å². The van der Waals surface area contributed by atoms with E-state index >= 15 is 0 Å². The Morgan fingerprint density at radius 2 is 1.71 bits per heavy atom. The number of hydrogen-bond donors (Lipinski definition) is 1. The highest BCUT2D eigenvalue weighted by Gasteiger charge is 2.12. The summed E-state index contributed by atoms with van der Waals surface area (Å²) >= 11 is 11.9. The lowest BCUT2D eigenvalue weighted by atomic mass is 10.2. The Morgan fingerprint density at radius 3 is 2.38 bits per heavy atom. The van der Waals surface area contributed by atoms with Crippen LogP contribution in [0.25, 0.3) is 0 Å². The molecular formula is C18H18Cl2N2O2. The lowest BCUT2D eigenvalue weighted by Crippen LogP contribution is -2.31. The Balaban J connectivity index is 1.79. The van der Waals surface area contributed by atoms with E-state index in [-0.39, 0.29) is 24.8 Å². The minimum Gasteiger partial charge on any atom is -0.352 e. The van der Waals surface area contributed by atoms with Crippen LogP contribution >= 0.6 is 23.2 Å². The summed E-state index contributed by atoms with van der Waals surface area (Å²) in [4.78, 5) is 25.7. The highest BCUT2D eigenvalue weighted by atomic mass is 35.5. The molecule has 0 bridgehead atoms. The predicted molar refractivity (Wildman–Crippen MR) is 96.3 cm³/mol. The highest BCUT2D eigenvalue weighted by molar-refractivity contribution is 6.31. The Morgan fingerprint density at radius 1 is 1.04 bits per heavy atom. The minimum absolute atomic E-state index is 0.0636. The van der Waals surface area contributed by atoms with Gasteiger partial charge >= 0.3 is 0 Å². The van der Waals surface area contributed by atoms with E-state index in [9.17, 15) is 9.59 Å². The number of carbonyl (C=O) groups is 2. The zero-order valence-electron chi connectivity index (χ0n) is 13.3. The van der Waals surface area contributed by atoms with Gasteiger partial charge in [-0.05, 0) is 35.9 Å². The van der Waals surface area contributed by atoms with Crippen LogP contribution in [0.3, 0.4) is 0 Å². The van der Waals surface area contributed by atoms with Gasteiger partial charge < -0.3 is 10.2 Å². The fourth-order valence-electron chi connectivity index (χ4n) is 2.15. The molecule has 6 heteroatoms. The van der Waals surface area contributed by atoms with Crippen LogP contribution in [0.15, 0.2) is 48.5 Å². The van der Waals surface area contributed by atoms with Crippen molar-refractivity contribution in [2.45, 2.75) is 13.0 Å². The SMILES string of the molecule is CN(Cc1ccccc1Cl)C(=O)CCNC(=O)c1ccc(Cl)cc1. The van der Waals surface area contributed by atoms with Crippen molar-refractivity contribution in [3.05, 3.63) is 69.7 Å². The van der Waals surface area contributed by atoms with Gasteiger partial charge in [0.05, 0.1) is 0 Å². The molecule has 2 aromatic rings. The molecule has 24 heavy (non-hydrogen) atoms. The maximum Gasteiger partial charge on any atom is 0.251 e. The molecule has 0 unspecified atom stereocenters. The lowest BCUT2D eigenvalue weighted by molar-refractivity contribution is -0.130. The molecule has 0 radical (unpaired) electrons. The predicted octanol–water partition coefficient (Wildman–Crippen LogP) is 3.77. The summed E-state index contributed by atoms with van der Waals surface area (Å²) in [5, 5.41) is 3.93. The molecule has 0 aliphatic rings. The first-order valence-electron chi connectivity index (χ1n) is 7.48. The number of amides is 2. The summed E-state index contributed by atoms with van der Waals surface area (Å²) in [6, 6.07) is 14.0. The maximum absolute atomic E-state index is 12.1. The molecular weight excluding hydrogens is 347 g/mol. The van der Waals surface area contributed by atoms with Gasteiger partial charge in [0.1, 0.15) is 0 Å². The van der Waals surface area contributed by atoms with Crippen molar-refractivity contribution < 1.29 is 9.59 Å². The van der Waals surface area contributed by atoms with Gasteiger partial charge in [-0.15, -0.1) is 0 Å². The first-order chi connectivity index (χ1) is 11.5. The Bertz CT molecular complexity index is 717. The summed E-state index contributed by atoms with van der Waals surface area (Å²) in [6.45, 7) is 0.705. The summed E-state index contributed by atoms with van der Waals surface area (Å²) in [6.07, 6.45) is 0.223. The fraction of sp³-hybridized carbons (Fsp3) is 0.222. The maximum atomic E-state index is 12.1. The molecule has 0 atom stereocenters. The second kappa shape index (κ2) is 8.71. The van der Waals surface area contributed by atoms with E-state index in [4.69, 9.17) is 23.2 Å². The first kappa shape index (κ1) is 18.3. The van der Waals surface area contributed by atoms with Crippen molar-refractivity contribution in [1.82, 2.24) is 10.2 Å². The van der Waals surface area contributed by atoms with E-state index < -0.39 is 0 Å². The third-order valence-corrected chi connectivity index (χ3v) is 4.14. The Kier molecular flexibility index (Phi) is 6.64. The molecule has 0 saturated carbocycles. The average Bonchev–Trinajstić information content (AvgIpc) is 2.57. The number of nitrogens with zero attached hydrogens (tertiary/aromatic N) is 1. The smallest absolute Gasteiger partial charge is 0.251 e. The van der Waals surface area contributed by atoms with Crippen LogP contribution in [-0.2, 0) is 11.3 Å². The van der Waals surface area contributed by atoms with Gasteiger partial charge in [0.2, 0.25) is 5.91 Å². The van der Waals surface area contributed by atoms with Gasteiger partial charge in [0.25, 0.3) is 5.91 Å². The van der Waals surface area contributed by atoms with Gasteiger partial charge in [-0.1, -0.05) is 41.4 Å². The van der Waals surface area contributed by atoms with Crippen molar-refractivity contribution in [3.63, 3.8) is 0 Å². The number of halogens is 2. The Hall–Kier alpha value is -2.04. The van der Waals surface area contributed by atoms with Crippen LogP contribution in [0.2, 0.25) is 10.0 Å². The van der Waals surface area contributed by atoms with Gasteiger partial charge in [0.15, 0.2) is 0 Å². The van der Waals surface area contributed by atoms with Crippen molar-refractivity contribution in [2.24, 2.45) is 0 Å². The molecule has 2 rings (SSSR count). The fourth-order valence-corrected chi connectivity index (χ4v) is 2.47. The standard InChI is InChI=1S/C18H18Cl2N2O2/c1-22(12-14-4-2-3-5-16(14)20)17(23)10-11-21-18(24)13-6-8-15(19)9-7-13/h2-9H,10-12H2,1H3,(H,21,24). The topological polar surface area (TPSA) is 49.4 Å². The summed E-state index contributed by atoms with van der Waals surface area (Å²) in [5.74, 6) is -0.292. The number of benzene rings is 2. The Labute approximate surface area is 151 Å². The zero-order chi connectivity index (χ0) is 17.5. The van der Waals surface area contributed by atoms with Crippen LogP contribution in [0.5, 0.6) is 0 Å². The van der Waals surface area contributed by atoms with E-state index in [0.29, 0.717) is 22.2 Å². The first-order valence-corrected chi connectivity index (χ1v) is 8.24. The van der Waals surface area contributed by atoms with Crippen LogP contribution in [0.4, 0.5) is 0 Å². The number of carbonyl (C=O) groups excluding carboxylic acids is 2. The molecule has 2 amide bonds. The van der Waals surface area contributed by atoms with E-state index in [1.54, 1.807) is 42.3 Å². The largest absolute Gasteiger partial charge is 0.352 e. The van der Waals surface area contributed by atoms with E-state index in [1.165, 1.54) is 0 Å². The van der Waals surface area contributed by atoms with Gasteiger partial charge in [-0.25, -0.2) is 0 Å². The molecule has 126 valence electrons. The molecule has 0 aromatic heterocycles. The average molecular weight is 365 g/mol. The monoisotopic (exact) mass is 364 g/mol. The molecule has 0 aliphatic heterocycles. The quantitative estimate of drug-likeness (QED) is 0.847. The van der Waals surface area contributed by atoms with E-state index in [0.717, 1.165) is 5.56 Å². The van der Waals surface area contributed by atoms with Gasteiger partial charge in [-0.3, -0.25) is 9.59 Å². The zero-order valence-corrected chi connectivity index (χ0v) is 14.8. The molecule has 0 spiro atoms. The van der Waals surface area contributed by atoms with Crippen LogP contribution in [0, 0.1) is 0 Å². The van der Waals surface area contributed by atoms with E-state index in [1.807, 2.05) is 18.2 Å². The normalized spacial score (nSPS) is 10.3. The molecule has 4 nitrogen and oxygen atoms in total. The summed E-state index contributed by atoms with van der Waals surface area (Å²) in [5.41, 5.74) is 1.40. The molecule has 0 saturated heterocycles. The highest BCUT2D eigenvalue weighted by Crippen LogP contribution is 2.16. The third-order valence-electron chi connectivity index (χ3n) is 3.52. The molecule has 1 N–H and O–H groups in total. The van der Waals surface area contributed by atoms with Crippen molar-refractivity contribution >= 4 is 35.0 Å².